The summed E-state index contributed by atoms with van der Waals surface area (Å²) in [6.45, 7) is 5.51. The van der Waals surface area contributed by atoms with Gasteiger partial charge in [-0.05, 0) is 30.7 Å². The standard InChI is InChI=1S/C12H25N/c1-10(11(2)9-13)8-12-6-4-3-5-7-12/h10-12H,3-9,13H2,1-2H3. The van der Waals surface area contributed by atoms with Gasteiger partial charge in [0.25, 0.3) is 0 Å². The highest BCUT2D eigenvalue weighted by atomic mass is 14.5. The summed E-state index contributed by atoms with van der Waals surface area (Å²) in [6.07, 6.45) is 8.77. The SMILES string of the molecule is CC(CN)C(C)CC1CCCCC1. The van der Waals surface area contributed by atoms with Crippen LogP contribution in [0.5, 0.6) is 0 Å². The molecule has 1 aliphatic rings. The van der Waals surface area contributed by atoms with Crippen molar-refractivity contribution in [1.82, 2.24) is 0 Å². The van der Waals surface area contributed by atoms with Crippen LogP contribution in [-0.4, -0.2) is 6.54 Å². The van der Waals surface area contributed by atoms with Gasteiger partial charge in [-0.3, -0.25) is 0 Å². The molecule has 2 N–H and O–H groups in total. The van der Waals surface area contributed by atoms with Crippen LogP contribution in [0.15, 0.2) is 0 Å². The van der Waals surface area contributed by atoms with E-state index in [4.69, 9.17) is 5.73 Å². The lowest BCUT2D eigenvalue weighted by Gasteiger charge is -2.27. The van der Waals surface area contributed by atoms with E-state index in [1.54, 1.807) is 0 Å². The lowest BCUT2D eigenvalue weighted by Crippen LogP contribution is -2.21. The van der Waals surface area contributed by atoms with E-state index < -0.39 is 0 Å². The van der Waals surface area contributed by atoms with Gasteiger partial charge in [-0.15, -0.1) is 0 Å². The molecule has 0 bridgehead atoms. The smallest absolute Gasteiger partial charge is 0.00490 e. The summed E-state index contributed by atoms with van der Waals surface area (Å²) in [5, 5.41) is 0. The molecule has 0 aromatic carbocycles. The molecule has 1 nitrogen and oxygen atoms in total. The van der Waals surface area contributed by atoms with Crippen LogP contribution in [-0.2, 0) is 0 Å². The highest BCUT2D eigenvalue weighted by Crippen LogP contribution is 2.30. The molecular formula is C12H25N. The van der Waals surface area contributed by atoms with Crippen LogP contribution in [0.4, 0.5) is 0 Å². The van der Waals surface area contributed by atoms with Crippen molar-refractivity contribution in [3.63, 3.8) is 0 Å². The lowest BCUT2D eigenvalue weighted by molar-refractivity contribution is 0.255. The van der Waals surface area contributed by atoms with E-state index in [1.165, 1.54) is 38.5 Å². The minimum atomic E-state index is 0.710. The van der Waals surface area contributed by atoms with Gasteiger partial charge in [-0.2, -0.15) is 0 Å². The molecule has 1 fully saturated rings. The third-order valence-corrected chi connectivity index (χ3v) is 3.77. The van der Waals surface area contributed by atoms with Crippen molar-refractivity contribution in [2.24, 2.45) is 23.5 Å². The Morgan fingerprint density at radius 1 is 1.08 bits per heavy atom. The molecule has 13 heavy (non-hydrogen) atoms. The number of nitrogens with two attached hydrogens (primary N) is 1. The summed E-state index contributed by atoms with van der Waals surface area (Å²) in [4.78, 5) is 0. The van der Waals surface area contributed by atoms with E-state index in [-0.39, 0.29) is 0 Å². The van der Waals surface area contributed by atoms with Gasteiger partial charge in [0, 0.05) is 0 Å². The third-order valence-electron chi connectivity index (χ3n) is 3.77. The first-order chi connectivity index (χ1) is 6.24. The number of hydrogen-bond acceptors (Lipinski definition) is 1. The summed E-state index contributed by atoms with van der Waals surface area (Å²) >= 11 is 0. The molecule has 78 valence electrons. The molecule has 0 amide bonds. The summed E-state index contributed by atoms with van der Waals surface area (Å²) in [7, 11) is 0. The fourth-order valence-electron chi connectivity index (χ4n) is 2.41. The van der Waals surface area contributed by atoms with Crippen LogP contribution in [0.2, 0.25) is 0 Å². The molecule has 0 aromatic heterocycles. The Morgan fingerprint density at radius 2 is 1.69 bits per heavy atom. The molecule has 2 unspecified atom stereocenters. The van der Waals surface area contributed by atoms with Crippen LogP contribution >= 0.6 is 0 Å². The monoisotopic (exact) mass is 183 g/mol. The normalized spacial score (nSPS) is 24.2. The Hall–Kier alpha value is -0.0400. The first kappa shape index (κ1) is 11.0. The molecular weight excluding hydrogens is 158 g/mol. The molecule has 1 rings (SSSR count). The minimum Gasteiger partial charge on any atom is -0.330 e. The zero-order valence-electron chi connectivity index (χ0n) is 9.26. The largest absolute Gasteiger partial charge is 0.330 e. The van der Waals surface area contributed by atoms with Crippen LogP contribution in [0.3, 0.4) is 0 Å². The second-order valence-corrected chi connectivity index (χ2v) is 4.93. The average Bonchev–Trinajstić information content (AvgIpc) is 2.18. The summed E-state index contributed by atoms with van der Waals surface area (Å²) in [5.41, 5.74) is 5.68. The van der Waals surface area contributed by atoms with Crippen LogP contribution in [0.25, 0.3) is 0 Å². The fraction of sp³-hybridized carbons (Fsp3) is 1.00. The summed E-state index contributed by atoms with van der Waals surface area (Å²) in [5.74, 6) is 2.55. The van der Waals surface area contributed by atoms with Crippen molar-refractivity contribution in [3.8, 4) is 0 Å². The lowest BCUT2D eigenvalue weighted by atomic mass is 9.80. The van der Waals surface area contributed by atoms with Crippen LogP contribution in [0.1, 0.15) is 52.4 Å². The van der Waals surface area contributed by atoms with Crippen molar-refractivity contribution < 1.29 is 0 Å². The molecule has 0 radical (unpaired) electrons. The summed E-state index contributed by atoms with van der Waals surface area (Å²) < 4.78 is 0. The van der Waals surface area contributed by atoms with Gasteiger partial charge in [0.15, 0.2) is 0 Å². The van der Waals surface area contributed by atoms with E-state index in [9.17, 15) is 0 Å². The molecule has 2 atom stereocenters. The van der Waals surface area contributed by atoms with E-state index >= 15 is 0 Å². The Kier molecular flexibility index (Phi) is 4.79. The quantitative estimate of drug-likeness (QED) is 0.711. The fourth-order valence-corrected chi connectivity index (χ4v) is 2.41. The molecule has 0 saturated heterocycles. The third kappa shape index (κ3) is 3.68. The van der Waals surface area contributed by atoms with Crippen molar-refractivity contribution in [1.29, 1.82) is 0 Å². The highest BCUT2D eigenvalue weighted by molar-refractivity contribution is 4.71. The van der Waals surface area contributed by atoms with Gasteiger partial charge in [0.2, 0.25) is 0 Å². The maximum absolute atomic E-state index is 5.68. The predicted octanol–water partition coefficient (Wildman–Crippen LogP) is 3.19. The Balaban J connectivity index is 2.21. The van der Waals surface area contributed by atoms with Gasteiger partial charge in [-0.1, -0.05) is 46.0 Å². The molecule has 1 heteroatoms. The molecule has 1 aliphatic carbocycles. The second kappa shape index (κ2) is 5.64. The van der Waals surface area contributed by atoms with E-state index in [2.05, 4.69) is 13.8 Å². The first-order valence-electron chi connectivity index (χ1n) is 5.94. The maximum atomic E-state index is 5.68. The Morgan fingerprint density at radius 3 is 2.23 bits per heavy atom. The zero-order chi connectivity index (χ0) is 9.68. The topological polar surface area (TPSA) is 26.0 Å². The van der Waals surface area contributed by atoms with Gasteiger partial charge >= 0.3 is 0 Å². The van der Waals surface area contributed by atoms with Crippen molar-refractivity contribution in [3.05, 3.63) is 0 Å². The zero-order valence-corrected chi connectivity index (χ0v) is 9.26. The van der Waals surface area contributed by atoms with Gasteiger partial charge in [-0.25, -0.2) is 0 Å². The van der Waals surface area contributed by atoms with Crippen LogP contribution in [0, 0.1) is 17.8 Å². The molecule has 1 saturated carbocycles. The van der Waals surface area contributed by atoms with Crippen molar-refractivity contribution >= 4 is 0 Å². The van der Waals surface area contributed by atoms with Crippen molar-refractivity contribution in [2.45, 2.75) is 52.4 Å². The minimum absolute atomic E-state index is 0.710. The predicted molar refractivity (Wildman–Crippen MR) is 58.6 cm³/mol. The van der Waals surface area contributed by atoms with Crippen molar-refractivity contribution in [2.75, 3.05) is 6.54 Å². The van der Waals surface area contributed by atoms with Crippen LogP contribution < -0.4 is 5.73 Å². The summed E-state index contributed by atoms with van der Waals surface area (Å²) in [6, 6.07) is 0. The Labute approximate surface area is 83.1 Å². The van der Waals surface area contributed by atoms with E-state index in [0.29, 0.717) is 5.92 Å². The highest BCUT2D eigenvalue weighted by Gasteiger charge is 2.19. The molecule has 0 aromatic rings. The van der Waals surface area contributed by atoms with Gasteiger partial charge < -0.3 is 5.73 Å². The second-order valence-electron chi connectivity index (χ2n) is 4.93. The number of hydrogen-bond donors (Lipinski definition) is 1. The number of rotatable bonds is 4. The first-order valence-corrected chi connectivity index (χ1v) is 5.94. The molecule has 0 aliphatic heterocycles. The van der Waals surface area contributed by atoms with Gasteiger partial charge in [0.05, 0.1) is 0 Å². The Bertz CT molecular complexity index is 127. The van der Waals surface area contributed by atoms with Gasteiger partial charge in [0.1, 0.15) is 0 Å². The molecule has 0 spiro atoms. The maximum Gasteiger partial charge on any atom is -0.00490 e. The van der Waals surface area contributed by atoms with E-state index in [0.717, 1.165) is 18.4 Å². The average molecular weight is 183 g/mol. The van der Waals surface area contributed by atoms with E-state index in [1.807, 2.05) is 0 Å². The molecule has 0 heterocycles.